The van der Waals surface area contributed by atoms with E-state index in [-0.39, 0.29) is 0 Å². The fraction of sp³-hybridized carbons (Fsp3) is 0.846. The lowest BCUT2D eigenvalue weighted by molar-refractivity contribution is -0.148. The number of hydrogen-bond acceptors (Lipinski definition) is 5. The van der Waals surface area contributed by atoms with Crippen LogP contribution in [0.4, 0.5) is 18.3 Å². The van der Waals surface area contributed by atoms with Crippen molar-refractivity contribution >= 4 is 16.7 Å². The van der Waals surface area contributed by atoms with Crippen molar-refractivity contribution in [1.82, 2.24) is 14.3 Å². The van der Waals surface area contributed by atoms with Crippen LogP contribution in [0.3, 0.4) is 0 Å². The van der Waals surface area contributed by atoms with E-state index >= 15 is 0 Å². The number of anilines is 1. The van der Waals surface area contributed by atoms with Crippen molar-refractivity contribution in [3.05, 3.63) is 5.82 Å². The average molecular weight is 320 g/mol. The molecule has 1 saturated carbocycles. The van der Waals surface area contributed by atoms with Crippen molar-refractivity contribution in [3.63, 3.8) is 0 Å². The highest BCUT2D eigenvalue weighted by Crippen LogP contribution is 2.39. The summed E-state index contributed by atoms with van der Waals surface area (Å²) < 4.78 is 41.3. The van der Waals surface area contributed by atoms with Gasteiger partial charge in [-0.25, -0.2) is 4.98 Å². The smallest absolute Gasteiger partial charge is 0.360 e. The number of nitrogens with zero attached hydrogens (tertiary/aromatic N) is 3. The van der Waals surface area contributed by atoms with Crippen molar-refractivity contribution in [1.29, 1.82) is 0 Å². The third kappa shape index (κ3) is 4.54. The van der Waals surface area contributed by atoms with Crippen LogP contribution in [0, 0.1) is 5.92 Å². The highest BCUT2D eigenvalue weighted by Gasteiger charge is 2.32. The van der Waals surface area contributed by atoms with Gasteiger partial charge in [-0.15, -0.1) is 0 Å². The lowest BCUT2D eigenvalue weighted by Crippen LogP contribution is -2.41. The molecule has 1 aromatic rings. The van der Waals surface area contributed by atoms with E-state index in [0.29, 0.717) is 24.9 Å². The van der Waals surface area contributed by atoms with E-state index in [1.165, 1.54) is 29.3 Å². The fourth-order valence-electron chi connectivity index (χ4n) is 2.65. The van der Waals surface area contributed by atoms with Crippen LogP contribution in [0.15, 0.2) is 0 Å². The molecular formula is C13H19F3N4S. The zero-order chi connectivity index (χ0) is 14.9. The normalized spacial score (nSPS) is 21.7. The maximum atomic E-state index is 12.3. The van der Waals surface area contributed by atoms with E-state index < -0.39 is 12.7 Å². The number of alkyl halides is 3. The van der Waals surface area contributed by atoms with Crippen molar-refractivity contribution in [2.24, 2.45) is 5.92 Å². The summed E-state index contributed by atoms with van der Waals surface area (Å²) in [6, 6.07) is 0. The molecule has 1 aliphatic heterocycles. The van der Waals surface area contributed by atoms with Crippen molar-refractivity contribution in [2.75, 3.05) is 31.5 Å². The van der Waals surface area contributed by atoms with Gasteiger partial charge in [0.15, 0.2) is 0 Å². The number of hydrogen-bond donors (Lipinski definition) is 1. The average Bonchev–Trinajstić information content (AvgIpc) is 3.16. The molecular weight excluding hydrogens is 301 g/mol. The predicted octanol–water partition coefficient (Wildman–Crippen LogP) is 3.10. The van der Waals surface area contributed by atoms with Crippen LogP contribution >= 0.6 is 11.5 Å². The van der Waals surface area contributed by atoms with E-state index in [2.05, 4.69) is 14.7 Å². The van der Waals surface area contributed by atoms with E-state index in [1.807, 2.05) is 0 Å². The predicted molar refractivity (Wildman–Crippen MR) is 75.6 cm³/mol. The van der Waals surface area contributed by atoms with Crippen LogP contribution < -0.4 is 5.32 Å². The van der Waals surface area contributed by atoms with Gasteiger partial charge in [0.2, 0.25) is 5.13 Å². The van der Waals surface area contributed by atoms with Crippen molar-refractivity contribution in [2.45, 2.75) is 37.8 Å². The molecule has 0 atom stereocenters. The zero-order valence-electron chi connectivity index (χ0n) is 11.7. The molecule has 0 spiro atoms. The number of nitrogens with one attached hydrogen (secondary N) is 1. The first-order valence-corrected chi connectivity index (χ1v) is 8.13. The van der Waals surface area contributed by atoms with E-state index in [1.54, 1.807) is 0 Å². The molecule has 1 aromatic heterocycles. The monoisotopic (exact) mass is 320 g/mol. The minimum atomic E-state index is -4.09. The molecule has 1 N–H and O–H groups in total. The lowest BCUT2D eigenvalue weighted by Gasteiger charge is -2.32. The van der Waals surface area contributed by atoms with Gasteiger partial charge in [0, 0.05) is 24.0 Å². The summed E-state index contributed by atoms with van der Waals surface area (Å²) in [5.74, 6) is 1.92. The maximum absolute atomic E-state index is 12.3. The number of rotatable bonds is 5. The Morgan fingerprint density at radius 3 is 2.52 bits per heavy atom. The third-order valence-electron chi connectivity index (χ3n) is 4.04. The van der Waals surface area contributed by atoms with E-state index in [4.69, 9.17) is 0 Å². The first-order chi connectivity index (χ1) is 9.99. The van der Waals surface area contributed by atoms with Crippen LogP contribution in [-0.4, -0.2) is 46.6 Å². The van der Waals surface area contributed by atoms with Crippen LogP contribution in [0.25, 0.3) is 0 Å². The summed E-state index contributed by atoms with van der Waals surface area (Å²) in [6.07, 6.45) is -0.104. The molecule has 2 aliphatic rings. The molecule has 8 heteroatoms. The van der Waals surface area contributed by atoms with Crippen LogP contribution in [0.2, 0.25) is 0 Å². The van der Waals surface area contributed by atoms with Crippen molar-refractivity contribution in [3.8, 4) is 0 Å². The summed E-state index contributed by atoms with van der Waals surface area (Å²) in [6.45, 7) is 1.04. The van der Waals surface area contributed by atoms with Gasteiger partial charge in [-0.3, -0.25) is 4.90 Å². The number of halogens is 3. The molecule has 1 aliphatic carbocycles. The van der Waals surface area contributed by atoms with Gasteiger partial charge in [-0.1, -0.05) is 0 Å². The number of likely N-dealkylation sites (tertiary alicyclic amines) is 1. The van der Waals surface area contributed by atoms with E-state index in [9.17, 15) is 13.2 Å². The Balaban J connectivity index is 1.38. The fourth-order valence-corrected chi connectivity index (χ4v) is 3.30. The topological polar surface area (TPSA) is 41.0 Å². The molecule has 1 saturated heterocycles. The molecule has 0 unspecified atom stereocenters. The number of aromatic nitrogens is 2. The van der Waals surface area contributed by atoms with Crippen LogP contribution in [0.1, 0.15) is 37.4 Å². The van der Waals surface area contributed by atoms with Crippen LogP contribution in [-0.2, 0) is 0 Å². The Morgan fingerprint density at radius 1 is 1.19 bits per heavy atom. The Bertz CT molecular complexity index is 464. The zero-order valence-corrected chi connectivity index (χ0v) is 12.5. The standard InChI is InChI=1S/C13H19F3N4S/c14-13(15,16)8-20-5-3-9(4-6-20)7-17-12-18-11(19-21-12)10-1-2-10/h9-10H,1-8H2,(H,17,18,19). The summed E-state index contributed by atoms with van der Waals surface area (Å²) >= 11 is 1.38. The molecule has 0 aromatic carbocycles. The van der Waals surface area contributed by atoms with Gasteiger partial charge in [0.05, 0.1) is 6.54 Å². The molecule has 3 rings (SSSR count). The quantitative estimate of drug-likeness (QED) is 0.905. The van der Waals surface area contributed by atoms with E-state index in [0.717, 1.165) is 30.3 Å². The number of piperidine rings is 1. The van der Waals surface area contributed by atoms with Gasteiger partial charge >= 0.3 is 6.18 Å². The molecule has 0 bridgehead atoms. The highest BCUT2D eigenvalue weighted by atomic mass is 32.1. The second-order valence-corrected chi connectivity index (χ2v) is 6.70. The highest BCUT2D eigenvalue weighted by molar-refractivity contribution is 7.09. The van der Waals surface area contributed by atoms with Gasteiger partial charge in [-0.05, 0) is 44.7 Å². The molecule has 21 heavy (non-hydrogen) atoms. The third-order valence-corrected chi connectivity index (χ3v) is 4.72. The van der Waals surface area contributed by atoms with Gasteiger partial charge in [0.1, 0.15) is 5.82 Å². The Labute approximate surface area is 125 Å². The Hall–Kier alpha value is -0.890. The first-order valence-electron chi connectivity index (χ1n) is 7.36. The van der Waals surface area contributed by atoms with Gasteiger partial charge in [0.25, 0.3) is 0 Å². The van der Waals surface area contributed by atoms with Gasteiger partial charge < -0.3 is 5.32 Å². The van der Waals surface area contributed by atoms with Crippen molar-refractivity contribution < 1.29 is 13.2 Å². The summed E-state index contributed by atoms with van der Waals surface area (Å²) in [5, 5.41) is 4.13. The summed E-state index contributed by atoms with van der Waals surface area (Å²) in [7, 11) is 0. The first kappa shape index (κ1) is 15.0. The SMILES string of the molecule is FC(F)(F)CN1CCC(CNc2nc(C3CC3)ns2)CC1. The summed E-state index contributed by atoms with van der Waals surface area (Å²) in [4.78, 5) is 5.95. The minimum absolute atomic E-state index is 0.419. The second-order valence-electron chi connectivity index (χ2n) is 5.95. The molecule has 2 heterocycles. The Kier molecular flexibility index (Phi) is 4.35. The largest absolute Gasteiger partial charge is 0.401 e. The molecule has 2 fully saturated rings. The molecule has 0 amide bonds. The molecule has 0 radical (unpaired) electrons. The summed E-state index contributed by atoms with van der Waals surface area (Å²) in [5.41, 5.74) is 0. The molecule has 4 nitrogen and oxygen atoms in total. The van der Waals surface area contributed by atoms with Gasteiger partial charge in [-0.2, -0.15) is 17.5 Å². The molecule has 118 valence electrons. The maximum Gasteiger partial charge on any atom is 0.401 e. The lowest BCUT2D eigenvalue weighted by atomic mass is 9.97. The second kappa shape index (κ2) is 6.08. The Morgan fingerprint density at radius 2 is 1.90 bits per heavy atom. The van der Waals surface area contributed by atoms with Crippen LogP contribution in [0.5, 0.6) is 0 Å². The minimum Gasteiger partial charge on any atom is -0.360 e.